The van der Waals surface area contributed by atoms with Crippen molar-refractivity contribution in [2.75, 3.05) is 0 Å². The van der Waals surface area contributed by atoms with Gasteiger partial charge < -0.3 is 13.7 Å². The van der Waals surface area contributed by atoms with Crippen LogP contribution in [0.1, 0.15) is 0 Å². The quantitative estimate of drug-likeness (QED) is 0.112. The highest BCUT2D eigenvalue weighted by atomic mass is 28.3. The van der Waals surface area contributed by atoms with E-state index in [1.165, 1.54) is 91.9 Å². The van der Waals surface area contributed by atoms with Gasteiger partial charge in [-0.05, 0) is 75.3 Å². The average molecular weight is 832 g/mol. The molecule has 0 spiro atoms. The molecule has 0 bridgehead atoms. The van der Waals surface area contributed by atoms with E-state index in [-0.39, 0.29) is 0 Å². The Kier molecular flexibility index (Phi) is 8.23. The molecule has 0 unspecified atom stereocenters. The van der Waals surface area contributed by atoms with Crippen LogP contribution in [0, 0.1) is 0 Å². The third kappa shape index (κ3) is 5.21. The van der Waals surface area contributed by atoms with Gasteiger partial charge in [-0.25, -0.2) is 0 Å². The third-order valence-electron chi connectivity index (χ3n) is 13.6. The standard InChI is InChI=1S/C60H41N3Si/c1-4-20-43(21-5-1)64(44-22-6-2-7-23-44,45-24-8-3-9-25-45)46-40-38-42(39-41-46)61-52-31-14-12-28-49(52)50-30-18-37-58(60(50)61)63-55-34-17-13-29-51(55)59-56(35-19-36-57(59)63)62-53-32-15-10-26-47(53)48-27-11-16-33-54(48)62/h1-41H. The van der Waals surface area contributed by atoms with E-state index in [0.29, 0.717) is 0 Å². The van der Waals surface area contributed by atoms with Gasteiger partial charge in [0, 0.05) is 38.0 Å². The van der Waals surface area contributed by atoms with E-state index in [1.54, 1.807) is 0 Å². The number of hydrogen-bond acceptors (Lipinski definition) is 0. The average Bonchev–Trinajstić information content (AvgIpc) is 4.02. The molecule has 0 fully saturated rings. The van der Waals surface area contributed by atoms with Gasteiger partial charge in [-0.3, -0.25) is 0 Å². The van der Waals surface area contributed by atoms with Gasteiger partial charge in [0.05, 0.1) is 44.5 Å². The molecule has 0 saturated carbocycles. The third-order valence-corrected chi connectivity index (χ3v) is 18.4. The second-order valence-corrected chi connectivity index (χ2v) is 20.6. The van der Waals surface area contributed by atoms with Gasteiger partial charge in [-0.1, -0.05) is 194 Å². The van der Waals surface area contributed by atoms with Crippen LogP contribution in [0.4, 0.5) is 0 Å². The zero-order valence-electron chi connectivity index (χ0n) is 35.0. The summed E-state index contributed by atoms with van der Waals surface area (Å²) in [6, 6.07) is 92.1. The molecule has 0 N–H and O–H groups in total. The fraction of sp³-hybridized carbons (Fsp3) is 0. The van der Waals surface area contributed by atoms with Crippen LogP contribution in [0.3, 0.4) is 0 Å². The molecule has 10 aromatic carbocycles. The molecule has 4 heteroatoms. The normalized spacial score (nSPS) is 12.1. The Morgan fingerprint density at radius 2 is 0.594 bits per heavy atom. The number of aromatic nitrogens is 3. The van der Waals surface area contributed by atoms with E-state index in [2.05, 4.69) is 262 Å². The van der Waals surface area contributed by atoms with Crippen LogP contribution in [0.5, 0.6) is 0 Å². The predicted molar refractivity (Wildman–Crippen MR) is 273 cm³/mol. The number of fused-ring (bicyclic) bond motifs is 9. The molecule has 0 radical (unpaired) electrons. The number of benzene rings is 10. The molecule has 64 heavy (non-hydrogen) atoms. The van der Waals surface area contributed by atoms with Gasteiger partial charge in [-0.15, -0.1) is 0 Å². The lowest BCUT2D eigenvalue weighted by atomic mass is 10.1. The van der Waals surface area contributed by atoms with E-state index in [0.717, 1.165) is 11.4 Å². The predicted octanol–water partition coefficient (Wildman–Crippen LogP) is 12.4. The van der Waals surface area contributed by atoms with Crippen molar-refractivity contribution in [2.24, 2.45) is 0 Å². The summed E-state index contributed by atoms with van der Waals surface area (Å²) in [5, 5.41) is 12.9. The molecule has 0 aliphatic rings. The van der Waals surface area contributed by atoms with Crippen molar-refractivity contribution >= 4 is 94.2 Å². The largest absolute Gasteiger partial charge is 0.309 e. The van der Waals surface area contributed by atoms with Crippen molar-refractivity contribution in [2.45, 2.75) is 0 Å². The van der Waals surface area contributed by atoms with Crippen LogP contribution in [-0.4, -0.2) is 21.8 Å². The first kappa shape index (κ1) is 36.5. The minimum Gasteiger partial charge on any atom is -0.309 e. The lowest BCUT2D eigenvalue weighted by molar-refractivity contribution is 1.13. The van der Waals surface area contributed by atoms with E-state index < -0.39 is 8.07 Å². The number of nitrogens with zero attached hydrogens (tertiary/aromatic N) is 3. The van der Waals surface area contributed by atoms with Crippen molar-refractivity contribution < 1.29 is 0 Å². The number of rotatable bonds is 7. The Hall–Kier alpha value is -8.18. The first-order valence-corrected chi connectivity index (χ1v) is 24.1. The summed E-state index contributed by atoms with van der Waals surface area (Å²) in [6.45, 7) is 0. The molecular weight excluding hydrogens is 791 g/mol. The molecular formula is C60H41N3Si. The van der Waals surface area contributed by atoms with Gasteiger partial charge >= 0.3 is 0 Å². The van der Waals surface area contributed by atoms with Crippen LogP contribution in [0.15, 0.2) is 249 Å². The fourth-order valence-electron chi connectivity index (χ4n) is 11.0. The number of hydrogen-bond donors (Lipinski definition) is 0. The first-order chi connectivity index (χ1) is 31.8. The SMILES string of the molecule is c1ccc([Si](c2ccccc2)(c2ccccc2)c2ccc(-n3c4ccccc4c4cccc(-n5c6ccccc6c6c(-n7c8ccccc8c8ccccc87)cccc65)c43)cc2)cc1. The van der Waals surface area contributed by atoms with Crippen molar-refractivity contribution in [3.63, 3.8) is 0 Å². The summed E-state index contributed by atoms with van der Waals surface area (Å²) in [5.41, 5.74) is 10.6. The summed E-state index contributed by atoms with van der Waals surface area (Å²) in [6.07, 6.45) is 0. The summed E-state index contributed by atoms with van der Waals surface area (Å²) in [5.74, 6) is 0. The maximum atomic E-state index is 2.51. The second-order valence-electron chi connectivity index (χ2n) is 16.8. The smallest absolute Gasteiger partial charge is 0.179 e. The Morgan fingerprint density at radius 3 is 1.14 bits per heavy atom. The molecule has 0 aliphatic heterocycles. The van der Waals surface area contributed by atoms with Gasteiger partial charge in [-0.2, -0.15) is 0 Å². The van der Waals surface area contributed by atoms with Crippen molar-refractivity contribution in [3.8, 4) is 17.1 Å². The van der Waals surface area contributed by atoms with Crippen LogP contribution >= 0.6 is 0 Å². The van der Waals surface area contributed by atoms with E-state index >= 15 is 0 Å². The maximum absolute atomic E-state index is 2.71. The summed E-state index contributed by atoms with van der Waals surface area (Å²) in [7, 11) is -2.71. The molecule has 3 aromatic heterocycles. The molecule has 13 rings (SSSR count). The van der Waals surface area contributed by atoms with Gasteiger partial charge in [0.15, 0.2) is 8.07 Å². The van der Waals surface area contributed by atoms with Crippen LogP contribution in [0.25, 0.3) is 82.5 Å². The minimum absolute atomic E-state index is 1.13. The van der Waals surface area contributed by atoms with Crippen molar-refractivity contribution in [1.82, 2.24) is 13.7 Å². The van der Waals surface area contributed by atoms with Crippen LogP contribution in [-0.2, 0) is 0 Å². The molecule has 13 aromatic rings. The van der Waals surface area contributed by atoms with E-state index in [4.69, 9.17) is 0 Å². The molecule has 300 valence electrons. The Bertz CT molecular complexity index is 3730. The Labute approximate surface area is 372 Å². The minimum atomic E-state index is -2.71. The molecule has 3 heterocycles. The van der Waals surface area contributed by atoms with E-state index in [1.807, 2.05) is 0 Å². The Balaban J connectivity index is 1.08. The number of para-hydroxylation sites is 5. The lowest BCUT2D eigenvalue weighted by Crippen LogP contribution is -2.74. The Morgan fingerprint density at radius 1 is 0.234 bits per heavy atom. The van der Waals surface area contributed by atoms with Crippen molar-refractivity contribution in [3.05, 3.63) is 249 Å². The molecule has 0 aliphatic carbocycles. The van der Waals surface area contributed by atoms with Crippen LogP contribution < -0.4 is 20.7 Å². The summed E-state index contributed by atoms with van der Waals surface area (Å²) >= 11 is 0. The lowest BCUT2D eigenvalue weighted by Gasteiger charge is -2.34. The highest BCUT2D eigenvalue weighted by Crippen LogP contribution is 2.42. The zero-order chi connectivity index (χ0) is 42.2. The fourth-order valence-corrected chi connectivity index (χ4v) is 15.7. The highest BCUT2D eigenvalue weighted by molar-refractivity contribution is 7.19. The van der Waals surface area contributed by atoms with Crippen LogP contribution in [0.2, 0.25) is 0 Å². The monoisotopic (exact) mass is 831 g/mol. The maximum Gasteiger partial charge on any atom is 0.179 e. The molecule has 0 amide bonds. The molecule has 0 saturated heterocycles. The second kappa shape index (κ2) is 14.5. The molecule has 0 atom stereocenters. The summed E-state index contributed by atoms with van der Waals surface area (Å²) in [4.78, 5) is 0. The summed E-state index contributed by atoms with van der Waals surface area (Å²) < 4.78 is 7.47. The molecule has 3 nitrogen and oxygen atoms in total. The highest BCUT2D eigenvalue weighted by Gasteiger charge is 2.41. The van der Waals surface area contributed by atoms with Gasteiger partial charge in [0.1, 0.15) is 0 Å². The van der Waals surface area contributed by atoms with Gasteiger partial charge in [0.2, 0.25) is 0 Å². The van der Waals surface area contributed by atoms with E-state index in [9.17, 15) is 0 Å². The van der Waals surface area contributed by atoms with Crippen molar-refractivity contribution in [1.29, 1.82) is 0 Å². The van der Waals surface area contributed by atoms with Gasteiger partial charge in [0.25, 0.3) is 0 Å². The first-order valence-electron chi connectivity index (χ1n) is 22.1. The topological polar surface area (TPSA) is 14.8 Å². The zero-order valence-corrected chi connectivity index (χ0v) is 36.0.